The maximum atomic E-state index is 12.8. The first kappa shape index (κ1) is 9.19. The van der Waals surface area contributed by atoms with E-state index in [1.165, 1.54) is 12.3 Å². The van der Waals surface area contributed by atoms with Crippen molar-refractivity contribution >= 4 is 15.9 Å². The fourth-order valence-electron chi connectivity index (χ4n) is 0.635. The zero-order valence-corrected chi connectivity index (χ0v) is 7.84. The van der Waals surface area contributed by atoms with Crippen molar-refractivity contribution in [3.8, 4) is 5.75 Å². The van der Waals surface area contributed by atoms with E-state index in [1.54, 1.807) is 6.07 Å². The standard InChI is InChI=1S/C8H7BrFNO/c1-6(9)5-12-7-3-2-4-11-8(7)10/h2-4H,1,5H2. The Morgan fingerprint density at radius 3 is 3.08 bits per heavy atom. The molecule has 1 aromatic heterocycles. The number of pyridine rings is 1. The smallest absolute Gasteiger partial charge is 0.255 e. The minimum absolute atomic E-state index is 0.137. The molecule has 64 valence electrons. The van der Waals surface area contributed by atoms with E-state index in [4.69, 9.17) is 4.74 Å². The van der Waals surface area contributed by atoms with Crippen molar-refractivity contribution in [3.05, 3.63) is 35.3 Å². The first-order valence-corrected chi connectivity index (χ1v) is 4.06. The second-order valence-corrected chi connectivity index (χ2v) is 3.22. The molecule has 1 rings (SSSR count). The molecule has 0 aromatic carbocycles. The van der Waals surface area contributed by atoms with Crippen LogP contribution in [0.1, 0.15) is 0 Å². The molecule has 4 heteroatoms. The monoisotopic (exact) mass is 231 g/mol. The molecule has 0 saturated carbocycles. The molecule has 1 aromatic rings. The summed E-state index contributed by atoms with van der Waals surface area (Å²) in [4.78, 5) is 3.42. The molecular formula is C8H7BrFNO. The van der Waals surface area contributed by atoms with E-state index in [-0.39, 0.29) is 12.4 Å². The molecule has 0 unspecified atom stereocenters. The summed E-state index contributed by atoms with van der Waals surface area (Å²) < 4.78 is 18.4. The maximum absolute atomic E-state index is 12.8. The summed E-state index contributed by atoms with van der Waals surface area (Å²) in [6.45, 7) is 3.79. The van der Waals surface area contributed by atoms with E-state index < -0.39 is 5.95 Å². The largest absolute Gasteiger partial charge is 0.484 e. The van der Waals surface area contributed by atoms with Gasteiger partial charge >= 0.3 is 0 Å². The van der Waals surface area contributed by atoms with Crippen LogP contribution >= 0.6 is 15.9 Å². The summed E-state index contributed by atoms with van der Waals surface area (Å²) >= 11 is 3.09. The topological polar surface area (TPSA) is 22.1 Å². The van der Waals surface area contributed by atoms with E-state index in [0.29, 0.717) is 4.48 Å². The normalized spacial score (nSPS) is 9.50. The summed E-state index contributed by atoms with van der Waals surface area (Å²) in [5.74, 6) is -0.468. The minimum Gasteiger partial charge on any atom is -0.484 e. The zero-order chi connectivity index (χ0) is 8.97. The Balaban J connectivity index is 2.63. The van der Waals surface area contributed by atoms with Crippen molar-refractivity contribution in [2.45, 2.75) is 0 Å². The third-order valence-corrected chi connectivity index (χ3v) is 1.34. The molecule has 12 heavy (non-hydrogen) atoms. The maximum Gasteiger partial charge on any atom is 0.255 e. The molecule has 0 atom stereocenters. The summed E-state index contributed by atoms with van der Waals surface area (Å²) in [7, 11) is 0. The molecule has 0 saturated heterocycles. The van der Waals surface area contributed by atoms with E-state index in [2.05, 4.69) is 27.5 Å². The number of hydrogen-bond donors (Lipinski definition) is 0. The van der Waals surface area contributed by atoms with Crippen molar-refractivity contribution in [2.75, 3.05) is 6.61 Å². The highest BCUT2D eigenvalue weighted by molar-refractivity contribution is 9.11. The molecule has 0 amide bonds. The first-order valence-electron chi connectivity index (χ1n) is 3.27. The van der Waals surface area contributed by atoms with Crippen molar-refractivity contribution in [1.29, 1.82) is 0 Å². The van der Waals surface area contributed by atoms with Gasteiger partial charge in [0.05, 0.1) is 0 Å². The SMILES string of the molecule is C=C(Br)COc1cccnc1F. The van der Waals surface area contributed by atoms with Crippen LogP contribution in [0.3, 0.4) is 0 Å². The highest BCUT2D eigenvalue weighted by Gasteiger charge is 2.01. The van der Waals surface area contributed by atoms with Crippen LogP contribution in [0.15, 0.2) is 29.4 Å². The van der Waals surface area contributed by atoms with Gasteiger partial charge in [-0.3, -0.25) is 0 Å². The summed E-state index contributed by atoms with van der Waals surface area (Å²) in [6.07, 6.45) is 1.37. The van der Waals surface area contributed by atoms with Gasteiger partial charge in [0, 0.05) is 10.7 Å². The summed E-state index contributed by atoms with van der Waals surface area (Å²) in [5, 5.41) is 0. The Labute approximate surface area is 78.2 Å². The Kier molecular flexibility index (Phi) is 3.22. The molecule has 0 bridgehead atoms. The van der Waals surface area contributed by atoms with Gasteiger partial charge in [-0.25, -0.2) is 4.98 Å². The van der Waals surface area contributed by atoms with Gasteiger partial charge in [0.1, 0.15) is 6.61 Å². The Morgan fingerprint density at radius 2 is 2.50 bits per heavy atom. The minimum atomic E-state index is -0.605. The third-order valence-electron chi connectivity index (χ3n) is 1.11. The summed E-state index contributed by atoms with van der Waals surface area (Å²) in [6, 6.07) is 3.12. The van der Waals surface area contributed by atoms with Gasteiger partial charge in [0.25, 0.3) is 5.95 Å². The van der Waals surface area contributed by atoms with Gasteiger partial charge in [-0.05, 0) is 12.1 Å². The molecule has 0 aliphatic heterocycles. The second kappa shape index (κ2) is 4.21. The lowest BCUT2D eigenvalue weighted by Crippen LogP contribution is -1.98. The van der Waals surface area contributed by atoms with Gasteiger partial charge in [0.15, 0.2) is 5.75 Å². The van der Waals surface area contributed by atoms with Crippen LogP contribution in [0.25, 0.3) is 0 Å². The zero-order valence-electron chi connectivity index (χ0n) is 6.26. The number of nitrogens with zero attached hydrogens (tertiary/aromatic N) is 1. The van der Waals surface area contributed by atoms with E-state index in [1.807, 2.05) is 0 Å². The molecule has 0 N–H and O–H groups in total. The number of rotatable bonds is 3. The average Bonchev–Trinajstić information content (AvgIpc) is 2.03. The molecule has 0 radical (unpaired) electrons. The lowest BCUT2D eigenvalue weighted by molar-refractivity contribution is 0.334. The molecule has 1 heterocycles. The number of halogens is 2. The van der Waals surface area contributed by atoms with E-state index in [9.17, 15) is 4.39 Å². The van der Waals surface area contributed by atoms with E-state index in [0.717, 1.165) is 0 Å². The number of ether oxygens (including phenoxy) is 1. The highest BCUT2D eigenvalue weighted by atomic mass is 79.9. The van der Waals surface area contributed by atoms with Gasteiger partial charge in [0.2, 0.25) is 0 Å². The van der Waals surface area contributed by atoms with Crippen molar-refractivity contribution in [3.63, 3.8) is 0 Å². The highest BCUT2D eigenvalue weighted by Crippen LogP contribution is 2.14. The Morgan fingerprint density at radius 1 is 1.75 bits per heavy atom. The Bertz CT molecular complexity index is 290. The predicted octanol–water partition coefficient (Wildman–Crippen LogP) is 2.51. The molecule has 0 spiro atoms. The van der Waals surface area contributed by atoms with Gasteiger partial charge in [-0.1, -0.05) is 22.5 Å². The van der Waals surface area contributed by atoms with Gasteiger partial charge in [-0.15, -0.1) is 0 Å². The molecular weight excluding hydrogens is 225 g/mol. The van der Waals surface area contributed by atoms with Crippen molar-refractivity contribution < 1.29 is 9.13 Å². The lowest BCUT2D eigenvalue weighted by Gasteiger charge is -2.03. The molecule has 0 aliphatic carbocycles. The first-order chi connectivity index (χ1) is 5.70. The fourth-order valence-corrected chi connectivity index (χ4v) is 0.749. The quantitative estimate of drug-likeness (QED) is 0.747. The van der Waals surface area contributed by atoms with Crippen LogP contribution in [-0.4, -0.2) is 11.6 Å². The lowest BCUT2D eigenvalue weighted by atomic mass is 10.4. The Hall–Kier alpha value is -0.900. The van der Waals surface area contributed by atoms with Crippen LogP contribution in [0, 0.1) is 5.95 Å². The fraction of sp³-hybridized carbons (Fsp3) is 0.125. The molecule has 0 aliphatic rings. The van der Waals surface area contributed by atoms with E-state index >= 15 is 0 Å². The van der Waals surface area contributed by atoms with Crippen molar-refractivity contribution in [1.82, 2.24) is 4.98 Å². The number of hydrogen-bond acceptors (Lipinski definition) is 2. The van der Waals surface area contributed by atoms with Crippen molar-refractivity contribution in [2.24, 2.45) is 0 Å². The average molecular weight is 232 g/mol. The van der Waals surface area contributed by atoms with Crippen LogP contribution < -0.4 is 4.74 Å². The molecule has 2 nitrogen and oxygen atoms in total. The van der Waals surface area contributed by atoms with Gasteiger partial charge in [-0.2, -0.15) is 4.39 Å². The van der Waals surface area contributed by atoms with Crippen LogP contribution in [0.4, 0.5) is 4.39 Å². The molecule has 0 fully saturated rings. The summed E-state index contributed by atoms with van der Waals surface area (Å²) in [5.41, 5.74) is 0. The predicted molar refractivity (Wildman–Crippen MR) is 47.8 cm³/mol. The van der Waals surface area contributed by atoms with Gasteiger partial charge < -0.3 is 4.74 Å². The number of aromatic nitrogens is 1. The third kappa shape index (κ3) is 2.62. The van der Waals surface area contributed by atoms with Crippen LogP contribution in [-0.2, 0) is 0 Å². The van der Waals surface area contributed by atoms with Crippen LogP contribution in [0.5, 0.6) is 5.75 Å². The second-order valence-electron chi connectivity index (χ2n) is 2.10. The van der Waals surface area contributed by atoms with Crippen LogP contribution in [0.2, 0.25) is 0 Å².